The molecule has 1 aliphatic rings. The molecule has 1 unspecified atom stereocenters. The van der Waals surface area contributed by atoms with Crippen molar-refractivity contribution in [1.29, 1.82) is 0 Å². The molecule has 1 saturated heterocycles. The molecule has 2 aromatic rings. The summed E-state index contributed by atoms with van der Waals surface area (Å²) in [4.78, 5) is 18.3. The van der Waals surface area contributed by atoms with Gasteiger partial charge in [0.25, 0.3) is 0 Å². The van der Waals surface area contributed by atoms with Crippen LogP contribution in [0.5, 0.6) is 0 Å². The summed E-state index contributed by atoms with van der Waals surface area (Å²) in [7, 11) is 0. The van der Waals surface area contributed by atoms with Crippen LogP contribution in [0.3, 0.4) is 0 Å². The van der Waals surface area contributed by atoms with Crippen molar-refractivity contribution in [2.75, 3.05) is 19.6 Å². The second-order valence-corrected chi connectivity index (χ2v) is 6.87. The third-order valence-electron chi connectivity index (χ3n) is 5.03. The van der Waals surface area contributed by atoms with Gasteiger partial charge in [-0.2, -0.15) is 18.3 Å². The van der Waals surface area contributed by atoms with E-state index in [1.165, 1.54) is 10.7 Å². The topological polar surface area (TPSA) is 77.0 Å². The van der Waals surface area contributed by atoms with Crippen LogP contribution in [0.25, 0.3) is 5.82 Å². The van der Waals surface area contributed by atoms with Crippen molar-refractivity contribution in [2.45, 2.75) is 32.9 Å². The molecule has 2 N–H and O–H groups in total. The van der Waals surface area contributed by atoms with Gasteiger partial charge in [-0.15, -0.1) is 12.4 Å². The Labute approximate surface area is 167 Å². The number of alkyl halides is 3. The van der Waals surface area contributed by atoms with E-state index in [9.17, 15) is 18.0 Å². The summed E-state index contributed by atoms with van der Waals surface area (Å²) in [5.74, 6) is 0.638. The van der Waals surface area contributed by atoms with Crippen LogP contribution in [-0.2, 0) is 17.4 Å². The first kappa shape index (κ1) is 22.2. The average molecular weight is 418 g/mol. The monoisotopic (exact) mass is 417 g/mol. The fourth-order valence-corrected chi connectivity index (χ4v) is 3.35. The van der Waals surface area contributed by atoms with E-state index in [-0.39, 0.29) is 30.6 Å². The summed E-state index contributed by atoms with van der Waals surface area (Å²) in [6.07, 6.45) is -2.53. The van der Waals surface area contributed by atoms with Crippen LogP contribution in [0, 0.1) is 19.8 Å². The Morgan fingerprint density at radius 3 is 2.57 bits per heavy atom. The maximum Gasteiger partial charge on any atom is 0.417 e. The Kier molecular flexibility index (Phi) is 6.71. The van der Waals surface area contributed by atoms with Gasteiger partial charge in [0.05, 0.1) is 17.7 Å². The molecule has 10 heteroatoms. The molecule has 1 atom stereocenters. The summed E-state index contributed by atoms with van der Waals surface area (Å²) in [5, 5.41) is 4.37. The molecule has 3 rings (SSSR count). The molecule has 6 nitrogen and oxygen atoms in total. The molecular weight excluding hydrogens is 395 g/mol. The summed E-state index contributed by atoms with van der Waals surface area (Å²) in [6.45, 7) is 5.51. The lowest BCUT2D eigenvalue weighted by Crippen LogP contribution is -2.31. The number of aryl methyl sites for hydroxylation is 1. The lowest BCUT2D eigenvalue weighted by Gasteiger charge is -2.16. The highest BCUT2D eigenvalue weighted by atomic mass is 35.5. The Bertz CT molecular complexity index is 835. The number of rotatable bonds is 4. The Hall–Kier alpha value is -2.13. The minimum atomic E-state index is -4.44. The number of amides is 1. The molecule has 0 aromatic carbocycles. The molecule has 0 saturated carbocycles. The molecule has 0 aliphatic carbocycles. The summed E-state index contributed by atoms with van der Waals surface area (Å²) in [5.41, 5.74) is 7.00. The number of carbonyl (C=O) groups excluding carboxylic acids is 1. The van der Waals surface area contributed by atoms with Crippen LogP contribution in [0.4, 0.5) is 13.2 Å². The molecule has 28 heavy (non-hydrogen) atoms. The zero-order chi connectivity index (χ0) is 19.8. The van der Waals surface area contributed by atoms with Crippen molar-refractivity contribution in [2.24, 2.45) is 11.7 Å². The van der Waals surface area contributed by atoms with Gasteiger partial charge in [-0.25, -0.2) is 9.67 Å². The molecule has 2 aromatic heterocycles. The van der Waals surface area contributed by atoms with Crippen molar-refractivity contribution >= 4 is 18.3 Å². The van der Waals surface area contributed by atoms with Gasteiger partial charge in [0, 0.05) is 30.5 Å². The van der Waals surface area contributed by atoms with E-state index in [0.29, 0.717) is 36.9 Å². The van der Waals surface area contributed by atoms with Crippen LogP contribution in [0.15, 0.2) is 18.3 Å². The first-order valence-electron chi connectivity index (χ1n) is 8.77. The lowest BCUT2D eigenvalue weighted by molar-refractivity contribution is -0.137. The minimum absolute atomic E-state index is 0. The quantitative estimate of drug-likeness (QED) is 0.829. The van der Waals surface area contributed by atoms with Crippen LogP contribution in [-0.4, -0.2) is 45.2 Å². The van der Waals surface area contributed by atoms with Gasteiger partial charge in [-0.05, 0) is 44.9 Å². The maximum absolute atomic E-state index is 12.7. The minimum Gasteiger partial charge on any atom is -0.342 e. The molecule has 154 valence electrons. The normalized spacial score (nSPS) is 16.9. The van der Waals surface area contributed by atoms with Crippen molar-refractivity contribution in [3.8, 4) is 5.82 Å². The van der Waals surface area contributed by atoms with Gasteiger partial charge in [0.15, 0.2) is 5.82 Å². The second-order valence-electron chi connectivity index (χ2n) is 6.87. The Morgan fingerprint density at radius 1 is 1.32 bits per heavy atom. The number of halogens is 4. The molecule has 0 radical (unpaired) electrons. The van der Waals surface area contributed by atoms with Gasteiger partial charge in [0.2, 0.25) is 5.91 Å². The molecule has 1 fully saturated rings. The molecule has 1 amide bonds. The van der Waals surface area contributed by atoms with Crippen LogP contribution in [0.1, 0.15) is 28.9 Å². The lowest BCUT2D eigenvalue weighted by atomic mass is 10.1. The summed E-state index contributed by atoms with van der Waals surface area (Å²) in [6, 6.07) is 2.25. The van der Waals surface area contributed by atoms with Gasteiger partial charge >= 0.3 is 6.18 Å². The highest BCUT2D eigenvalue weighted by Crippen LogP contribution is 2.29. The fourth-order valence-electron chi connectivity index (χ4n) is 3.35. The van der Waals surface area contributed by atoms with Gasteiger partial charge in [0.1, 0.15) is 0 Å². The van der Waals surface area contributed by atoms with E-state index in [1.54, 1.807) is 13.8 Å². The van der Waals surface area contributed by atoms with E-state index < -0.39 is 11.7 Å². The number of carbonyl (C=O) groups is 1. The largest absolute Gasteiger partial charge is 0.417 e. The zero-order valence-corrected chi connectivity index (χ0v) is 16.5. The number of hydrogen-bond acceptors (Lipinski definition) is 4. The van der Waals surface area contributed by atoms with Gasteiger partial charge in [-0.3, -0.25) is 4.79 Å². The molecular formula is C18H23ClF3N5O. The predicted octanol–water partition coefficient (Wildman–Crippen LogP) is 2.67. The summed E-state index contributed by atoms with van der Waals surface area (Å²) >= 11 is 0. The molecule has 1 aliphatic heterocycles. The fraction of sp³-hybridized carbons (Fsp3) is 0.500. The third kappa shape index (κ3) is 4.47. The molecule has 3 heterocycles. The summed E-state index contributed by atoms with van der Waals surface area (Å²) < 4.78 is 39.6. The van der Waals surface area contributed by atoms with Gasteiger partial charge < -0.3 is 10.6 Å². The molecule has 0 spiro atoms. The zero-order valence-electron chi connectivity index (χ0n) is 15.7. The highest BCUT2D eigenvalue weighted by Gasteiger charge is 2.31. The van der Waals surface area contributed by atoms with E-state index in [0.717, 1.165) is 24.2 Å². The number of pyridine rings is 1. The number of likely N-dealkylation sites (tertiary alicyclic amines) is 1. The number of hydrogen-bond donors (Lipinski definition) is 1. The van der Waals surface area contributed by atoms with E-state index in [1.807, 2.05) is 4.90 Å². The molecule has 0 bridgehead atoms. The van der Waals surface area contributed by atoms with E-state index in [2.05, 4.69) is 10.1 Å². The predicted molar refractivity (Wildman–Crippen MR) is 101 cm³/mol. The Morgan fingerprint density at radius 2 is 2.04 bits per heavy atom. The SMILES string of the molecule is Cc1nn(-c2ccc(C(F)(F)F)cn2)c(C)c1CC(=O)N1CCC(CN)C1.Cl. The van der Waals surface area contributed by atoms with Crippen molar-refractivity contribution < 1.29 is 18.0 Å². The van der Waals surface area contributed by atoms with Crippen LogP contribution < -0.4 is 5.73 Å². The van der Waals surface area contributed by atoms with E-state index >= 15 is 0 Å². The standard InChI is InChI=1S/C18H22F3N5O.ClH/c1-11-15(7-17(27)25-6-5-13(8-22)10-25)12(2)26(24-11)16-4-3-14(9-23-16)18(19,20)21;/h3-4,9,13H,5-8,10,22H2,1-2H3;1H. The van der Waals surface area contributed by atoms with Crippen molar-refractivity contribution in [1.82, 2.24) is 19.7 Å². The number of nitrogens with two attached hydrogens (primary N) is 1. The average Bonchev–Trinajstić information content (AvgIpc) is 3.21. The van der Waals surface area contributed by atoms with Crippen LogP contribution in [0.2, 0.25) is 0 Å². The number of aromatic nitrogens is 3. The maximum atomic E-state index is 12.7. The Balaban J connectivity index is 0.00000280. The highest BCUT2D eigenvalue weighted by molar-refractivity contribution is 5.85. The van der Waals surface area contributed by atoms with Crippen LogP contribution >= 0.6 is 12.4 Å². The number of nitrogens with zero attached hydrogens (tertiary/aromatic N) is 4. The third-order valence-corrected chi connectivity index (χ3v) is 5.03. The smallest absolute Gasteiger partial charge is 0.342 e. The van der Waals surface area contributed by atoms with Gasteiger partial charge in [-0.1, -0.05) is 0 Å². The second kappa shape index (κ2) is 8.48. The van der Waals surface area contributed by atoms with Crippen molar-refractivity contribution in [3.63, 3.8) is 0 Å². The van der Waals surface area contributed by atoms with Crippen molar-refractivity contribution in [3.05, 3.63) is 40.8 Å². The first-order chi connectivity index (χ1) is 12.7. The van der Waals surface area contributed by atoms with E-state index in [4.69, 9.17) is 5.73 Å². The first-order valence-corrected chi connectivity index (χ1v) is 8.77.